The average molecular weight is 280 g/mol. The summed E-state index contributed by atoms with van der Waals surface area (Å²) < 4.78 is 11.1. The Balaban J connectivity index is 1.72. The lowest BCUT2D eigenvalue weighted by atomic mass is 9.66. The molecule has 0 aromatic rings. The Hall–Kier alpha value is -0.830. The van der Waals surface area contributed by atoms with Crippen LogP contribution in [0.5, 0.6) is 0 Å². The van der Waals surface area contributed by atoms with Gasteiger partial charge in [0.15, 0.2) is 0 Å². The van der Waals surface area contributed by atoms with Gasteiger partial charge in [0.25, 0.3) is 0 Å². The van der Waals surface area contributed by atoms with Crippen molar-refractivity contribution >= 4 is 5.97 Å². The summed E-state index contributed by atoms with van der Waals surface area (Å²) in [5, 5.41) is 0. The first-order chi connectivity index (χ1) is 9.40. The molecule has 0 spiro atoms. The van der Waals surface area contributed by atoms with E-state index in [1.807, 2.05) is 0 Å². The minimum absolute atomic E-state index is 0.0818. The minimum Gasteiger partial charge on any atom is -0.463 e. The zero-order valence-corrected chi connectivity index (χ0v) is 13.3. The molecule has 2 rings (SSSR count). The van der Waals surface area contributed by atoms with E-state index in [4.69, 9.17) is 9.47 Å². The monoisotopic (exact) mass is 280 g/mol. The Kier molecular flexibility index (Phi) is 4.58. The van der Waals surface area contributed by atoms with Gasteiger partial charge in [-0.2, -0.15) is 0 Å². The maximum Gasteiger partial charge on any atom is 0.305 e. The highest BCUT2D eigenvalue weighted by atomic mass is 16.6. The van der Waals surface area contributed by atoms with Crippen molar-refractivity contribution in [1.29, 1.82) is 0 Å². The molecule has 114 valence electrons. The van der Waals surface area contributed by atoms with Crippen LogP contribution in [-0.2, 0) is 14.3 Å². The maximum absolute atomic E-state index is 11.6. The summed E-state index contributed by atoms with van der Waals surface area (Å²) in [5.74, 6) is -0.0818. The van der Waals surface area contributed by atoms with Crippen LogP contribution in [0.3, 0.4) is 0 Å². The molecule has 3 atom stereocenters. The molecule has 0 aromatic carbocycles. The van der Waals surface area contributed by atoms with Crippen LogP contribution < -0.4 is 0 Å². The largest absolute Gasteiger partial charge is 0.463 e. The molecule has 1 aliphatic carbocycles. The van der Waals surface area contributed by atoms with Gasteiger partial charge >= 0.3 is 5.97 Å². The van der Waals surface area contributed by atoms with Gasteiger partial charge in [-0.15, -0.1) is 0 Å². The van der Waals surface area contributed by atoms with Gasteiger partial charge in [0.05, 0.1) is 6.10 Å². The zero-order chi connectivity index (χ0) is 14.8. The average Bonchev–Trinajstić information content (AvgIpc) is 3.10. The van der Waals surface area contributed by atoms with Crippen molar-refractivity contribution in [2.45, 2.75) is 72.0 Å². The fourth-order valence-electron chi connectivity index (χ4n) is 3.13. The number of unbranched alkanes of at least 4 members (excludes halogenated alkanes) is 2. The van der Waals surface area contributed by atoms with Crippen LogP contribution in [0.4, 0.5) is 0 Å². The van der Waals surface area contributed by atoms with E-state index in [2.05, 4.69) is 39.8 Å². The van der Waals surface area contributed by atoms with Crippen molar-refractivity contribution in [2.24, 2.45) is 10.8 Å². The summed E-state index contributed by atoms with van der Waals surface area (Å²) >= 11 is 0. The van der Waals surface area contributed by atoms with E-state index in [0.29, 0.717) is 13.0 Å². The standard InChI is InChI=1S/C17H28O3/c1-5-6-7-9-14(18)19-12-13-15(20-13)17(4)11-8-10-16(17,2)3/h8,10,13,15H,5-7,9,11-12H2,1-4H3/t13?,15-,17-/m1/s1. The van der Waals surface area contributed by atoms with Crippen LogP contribution in [0.15, 0.2) is 12.2 Å². The van der Waals surface area contributed by atoms with Gasteiger partial charge in [0.2, 0.25) is 0 Å². The number of carbonyl (C=O) groups is 1. The highest BCUT2D eigenvalue weighted by Crippen LogP contribution is 2.56. The Morgan fingerprint density at radius 3 is 2.70 bits per heavy atom. The molecule has 20 heavy (non-hydrogen) atoms. The van der Waals surface area contributed by atoms with Crippen LogP contribution in [0.1, 0.15) is 59.8 Å². The molecular weight excluding hydrogens is 252 g/mol. The minimum atomic E-state index is -0.0818. The Morgan fingerprint density at radius 2 is 2.10 bits per heavy atom. The molecule has 1 fully saturated rings. The smallest absolute Gasteiger partial charge is 0.305 e. The van der Waals surface area contributed by atoms with Crippen LogP contribution in [0.2, 0.25) is 0 Å². The molecule has 0 amide bonds. The van der Waals surface area contributed by atoms with Gasteiger partial charge in [-0.25, -0.2) is 0 Å². The summed E-state index contributed by atoms with van der Waals surface area (Å²) in [6.45, 7) is 9.34. The second-order valence-corrected chi connectivity index (χ2v) is 6.98. The molecule has 1 heterocycles. The van der Waals surface area contributed by atoms with E-state index < -0.39 is 0 Å². The lowest BCUT2D eigenvalue weighted by Crippen LogP contribution is -2.36. The van der Waals surface area contributed by atoms with Crippen molar-refractivity contribution in [3.63, 3.8) is 0 Å². The third-order valence-corrected chi connectivity index (χ3v) is 5.15. The first kappa shape index (κ1) is 15.6. The molecule has 1 saturated heterocycles. The van der Waals surface area contributed by atoms with Crippen molar-refractivity contribution < 1.29 is 14.3 Å². The number of rotatable bonds is 7. The van der Waals surface area contributed by atoms with Crippen molar-refractivity contribution in [2.75, 3.05) is 6.61 Å². The van der Waals surface area contributed by atoms with Crippen LogP contribution in [0, 0.1) is 10.8 Å². The fourth-order valence-corrected chi connectivity index (χ4v) is 3.13. The normalized spacial score (nSPS) is 34.2. The number of ether oxygens (including phenoxy) is 2. The van der Waals surface area contributed by atoms with Crippen LogP contribution in [0.25, 0.3) is 0 Å². The van der Waals surface area contributed by atoms with Crippen LogP contribution in [-0.4, -0.2) is 24.8 Å². The zero-order valence-electron chi connectivity index (χ0n) is 13.3. The van der Waals surface area contributed by atoms with Crippen molar-refractivity contribution in [3.8, 4) is 0 Å². The lowest BCUT2D eigenvalue weighted by molar-refractivity contribution is -0.144. The van der Waals surface area contributed by atoms with E-state index in [0.717, 1.165) is 25.7 Å². The number of epoxide rings is 1. The molecule has 2 aliphatic rings. The van der Waals surface area contributed by atoms with Crippen LogP contribution >= 0.6 is 0 Å². The van der Waals surface area contributed by atoms with Gasteiger partial charge in [0, 0.05) is 11.8 Å². The maximum atomic E-state index is 11.6. The third-order valence-electron chi connectivity index (χ3n) is 5.15. The number of hydrogen-bond acceptors (Lipinski definition) is 3. The van der Waals surface area contributed by atoms with Gasteiger partial charge in [-0.1, -0.05) is 52.7 Å². The van der Waals surface area contributed by atoms with Crippen molar-refractivity contribution in [3.05, 3.63) is 12.2 Å². The first-order valence-electron chi connectivity index (χ1n) is 7.89. The molecule has 0 aromatic heterocycles. The Labute approximate surface area is 122 Å². The van der Waals surface area contributed by atoms with E-state index in [-0.39, 0.29) is 29.0 Å². The molecule has 0 saturated carbocycles. The third kappa shape index (κ3) is 3.08. The topological polar surface area (TPSA) is 38.8 Å². The van der Waals surface area contributed by atoms with E-state index in [9.17, 15) is 4.79 Å². The van der Waals surface area contributed by atoms with E-state index in [1.54, 1.807) is 0 Å². The molecule has 0 radical (unpaired) electrons. The summed E-state index contributed by atoms with van der Waals surface area (Å²) in [6.07, 6.45) is 9.57. The number of esters is 1. The summed E-state index contributed by atoms with van der Waals surface area (Å²) in [7, 11) is 0. The highest BCUT2D eigenvalue weighted by Gasteiger charge is 2.59. The molecule has 1 aliphatic heterocycles. The molecule has 1 unspecified atom stereocenters. The second-order valence-electron chi connectivity index (χ2n) is 6.98. The van der Waals surface area contributed by atoms with Gasteiger partial charge in [-0.3, -0.25) is 4.79 Å². The Bertz CT molecular complexity index is 386. The molecule has 3 heteroatoms. The predicted molar refractivity (Wildman–Crippen MR) is 79.4 cm³/mol. The van der Waals surface area contributed by atoms with Gasteiger partial charge < -0.3 is 9.47 Å². The van der Waals surface area contributed by atoms with Gasteiger partial charge in [-0.05, 0) is 18.3 Å². The highest BCUT2D eigenvalue weighted by molar-refractivity contribution is 5.69. The number of allylic oxidation sites excluding steroid dienone is 2. The summed E-state index contributed by atoms with van der Waals surface area (Å²) in [4.78, 5) is 11.6. The fraction of sp³-hybridized carbons (Fsp3) is 0.824. The quantitative estimate of drug-likeness (QED) is 0.307. The summed E-state index contributed by atoms with van der Waals surface area (Å²) in [5.41, 5.74) is 0.282. The molecular formula is C17H28O3. The van der Waals surface area contributed by atoms with E-state index >= 15 is 0 Å². The van der Waals surface area contributed by atoms with E-state index in [1.165, 1.54) is 0 Å². The Morgan fingerprint density at radius 1 is 1.35 bits per heavy atom. The number of hydrogen-bond donors (Lipinski definition) is 0. The number of carbonyl (C=O) groups excluding carboxylic acids is 1. The molecule has 0 N–H and O–H groups in total. The molecule has 0 bridgehead atoms. The summed E-state index contributed by atoms with van der Waals surface area (Å²) in [6, 6.07) is 0. The van der Waals surface area contributed by atoms with Gasteiger partial charge in [0.1, 0.15) is 12.7 Å². The predicted octanol–water partition coefficient (Wildman–Crippen LogP) is 3.87. The molecule has 3 nitrogen and oxygen atoms in total. The SMILES string of the molecule is CCCCCC(=O)OCC1O[C@H]1[C@@]1(C)CC=CC1(C)C. The first-order valence-corrected chi connectivity index (χ1v) is 7.89. The second kappa shape index (κ2) is 5.88. The van der Waals surface area contributed by atoms with Crippen molar-refractivity contribution in [1.82, 2.24) is 0 Å². The lowest BCUT2D eigenvalue weighted by Gasteiger charge is -2.37.